The zero-order valence-electron chi connectivity index (χ0n) is 18.1. The molecule has 1 aliphatic heterocycles. The number of aromatic nitrogens is 1. The Labute approximate surface area is 196 Å². The Hall–Kier alpha value is -3.64. The molecule has 6 nitrogen and oxygen atoms in total. The van der Waals surface area contributed by atoms with E-state index in [1.165, 1.54) is 0 Å². The minimum Gasteiger partial charge on any atom is -0.455 e. The van der Waals surface area contributed by atoms with Crippen LogP contribution in [0.15, 0.2) is 76.1 Å². The summed E-state index contributed by atoms with van der Waals surface area (Å²) in [6.45, 7) is 4.15. The highest BCUT2D eigenvalue weighted by Gasteiger charge is 2.26. The van der Waals surface area contributed by atoms with Crippen molar-refractivity contribution >= 4 is 34.3 Å². The molecule has 0 radical (unpaired) electrons. The van der Waals surface area contributed by atoms with Crippen LogP contribution in [0.1, 0.15) is 15.9 Å². The van der Waals surface area contributed by atoms with Crippen LogP contribution in [0.3, 0.4) is 0 Å². The van der Waals surface area contributed by atoms with Crippen molar-refractivity contribution in [2.75, 3.05) is 31.1 Å². The first-order valence-corrected chi connectivity index (χ1v) is 11.2. The van der Waals surface area contributed by atoms with Crippen molar-refractivity contribution in [2.24, 2.45) is 0 Å². The molecule has 0 atom stereocenters. The highest BCUT2D eigenvalue weighted by Crippen LogP contribution is 2.28. The number of halogens is 1. The lowest BCUT2D eigenvalue weighted by Crippen LogP contribution is -2.49. The van der Waals surface area contributed by atoms with Crippen LogP contribution in [0.25, 0.3) is 22.3 Å². The molecule has 4 aromatic rings. The molecule has 2 aromatic heterocycles. The Bertz CT molecular complexity index is 1380. The summed E-state index contributed by atoms with van der Waals surface area (Å²) in [5.41, 5.74) is 1.95. The fraction of sp³-hybridized carbons (Fsp3) is 0.192. The molecule has 5 rings (SSSR count). The minimum atomic E-state index is -0.143. The third kappa shape index (κ3) is 3.98. The van der Waals surface area contributed by atoms with E-state index >= 15 is 0 Å². The van der Waals surface area contributed by atoms with Gasteiger partial charge in [0.25, 0.3) is 5.91 Å². The molecule has 166 valence electrons. The van der Waals surface area contributed by atoms with Gasteiger partial charge in [-0.2, -0.15) is 0 Å². The number of anilines is 1. The Morgan fingerprint density at radius 1 is 0.970 bits per heavy atom. The Morgan fingerprint density at radius 2 is 1.73 bits per heavy atom. The van der Waals surface area contributed by atoms with Crippen LogP contribution < -0.4 is 10.3 Å². The highest BCUT2D eigenvalue weighted by atomic mass is 35.5. The molecule has 0 bridgehead atoms. The molecule has 0 saturated carbocycles. The molecule has 1 saturated heterocycles. The monoisotopic (exact) mass is 459 g/mol. The first-order valence-electron chi connectivity index (χ1n) is 10.8. The van der Waals surface area contributed by atoms with Gasteiger partial charge in [0.2, 0.25) is 0 Å². The lowest BCUT2D eigenvalue weighted by Gasteiger charge is -2.35. The summed E-state index contributed by atoms with van der Waals surface area (Å²) in [7, 11) is 0. The van der Waals surface area contributed by atoms with Crippen LogP contribution in [0.2, 0.25) is 5.02 Å². The van der Waals surface area contributed by atoms with Gasteiger partial charge in [-0.25, -0.2) is 4.98 Å². The van der Waals surface area contributed by atoms with Crippen molar-refractivity contribution in [1.82, 2.24) is 9.88 Å². The van der Waals surface area contributed by atoms with E-state index in [1.54, 1.807) is 36.2 Å². The van der Waals surface area contributed by atoms with Crippen LogP contribution in [-0.2, 0) is 0 Å². The molecule has 0 aliphatic carbocycles. The van der Waals surface area contributed by atoms with E-state index < -0.39 is 0 Å². The molecule has 0 N–H and O–H groups in total. The third-order valence-electron chi connectivity index (χ3n) is 6.01. The average molecular weight is 460 g/mol. The van der Waals surface area contributed by atoms with Gasteiger partial charge in [-0.15, -0.1) is 0 Å². The SMILES string of the molecule is Cc1c(-c2ccccc2)oc2c(C(=O)N3CCN(c4ccc(Cl)cn4)CC3)cccc2c1=O. The third-order valence-corrected chi connectivity index (χ3v) is 6.24. The lowest BCUT2D eigenvalue weighted by molar-refractivity contribution is 0.0747. The molecular weight excluding hydrogens is 438 g/mol. The van der Waals surface area contributed by atoms with E-state index in [0.29, 0.717) is 59.1 Å². The number of para-hydroxylation sites is 1. The van der Waals surface area contributed by atoms with Crippen LogP contribution in [-0.4, -0.2) is 42.0 Å². The number of carbonyl (C=O) groups is 1. The van der Waals surface area contributed by atoms with Gasteiger partial charge in [-0.1, -0.05) is 48.0 Å². The van der Waals surface area contributed by atoms with Crippen molar-refractivity contribution in [3.8, 4) is 11.3 Å². The first kappa shape index (κ1) is 21.2. The normalized spacial score (nSPS) is 14.0. The maximum atomic E-state index is 13.5. The van der Waals surface area contributed by atoms with Crippen LogP contribution in [0.5, 0.6) is 0 Å². The quantitative estimate of drug-likeness (QED) is 0.441. The molecule has 1 fully saturated rings. The summed E-state index contributed by atoms with van der Waals surface area (Å²) >= 11 is 5.94. The number of pyridine rings is 1. The van der Waals surface area contributed by atoms with Gasteiger partial charge in [0.15, 0.2) is 11.0 Å². The second-order valence-electron chi connectivity index (χ2n) is 8.05. The zero-order valence-corrected chi connectivity index (χ0v) is 18.9. The standard InChI is InChI=1S/C26H22ClN3O3/c1-17-23(31)20-8-5-9-21(25(20)33-24(17)18-6-3-2-4-7-18)26(32)30-14-12-29(13-15-30)22-11-10-19(27)16-28-22/h2-11,16H,12-15H2,1H3. The number of piperazine rings is 1. The predicted molar refractivity (Wildman–Crippen MR) is 130 cm³/mol. The summed E-state index contributed by atoms with van der Waals surface area (Å²) in [4.78, 5) is 34.8. The molecule has 33 heavy (non-hydrogen) atoms. The topological polar surface area (TPSA) is 66.7 Å². The van der Waals surface area contributed by atoms with E-state index in [0.717, 1.165) is 11.4 Å². The van der Waals surface area contributed by atoms with Crippen LogP contribution in [0.4, 0.5) is 5.82 Å². The maximum Gasteiger partial charge on any atom is 0.257 e. The lowest BCUT2D eigenvalue weighted by atomic mass is 10.0. The molecule has 1 aliphatic rings. The molecular formula is C26H22ClN3O3. The number of fused-ring (bicyclic) bond motifs is 1. The maximum absolute atomic E-state index is 13.5. The second-order valence-corrected chi connectivity index (χ2v) is 8.48. The molecule has 1 amide bonds. The van der Waals surface area contributed by atoms with Crippen LogP contribution >= 0.6 is 11.6 Å². The predicted octanol–water partition coefficient (Wildman–Crippen LogP) is 4.78. The van der Waals surface area contributed by atoms with Gasteiger partial charge in [-0.05, 0) is 31.2 Å². The summed E-state index contributed by atoms with van der Waals surface area (Å²) in [6.07, 6.45) is 1.62. The van der Waals surface area contributed by atoms with E-state index in [9.17, 15) is 9.59 Å². The smallest absolute Gasteiger partial charge is 0.257 e. The molecule has 2 aromatic carbocycles. The molecule has 3 heterocycles. The summed E-state index contributed by atoms with van der Waals surface area (Å²) in [5, 5.41) is 1.01. The number of hydrogen-bond donors (Lipinski definition) is 0. The first-order chi connectivity index (χ1) is 16.0. The minimum absolute atomic E-state index is 0.122. The number of benzene rings is 2. The summed E-state index contributed by atoms with van der Waals surface area (Å²) in [6, 6.07) is 18.4. The largest absolute Gasteiger partial charge is 0.455 e. The number of hydrogen-bond acceptors (Lipinski definition) is 5. The number of amides is 1. The Balaban J connectivity index is 1.46. The number of nitrogens with zero attached hydrogens (tertiary/aromatic N) is 3. The molecule has 0 unspecified atom stereocenters. The number of carbonyl (C=O) groups excluding carboxylic acids is 1. The summed E-state index contributed by atoms with van der Waals surface area (Å²) < 4.78 is 6.22. The fourth-order valence-electron chi connectivity index (χ4n) is 4.21. The van der Waals surface area contributed by atoms with Gasteiger partial charge in [0.1, 0.15) is 11.6 Å². The number of rotatable bonds is 3. The highest BCUT2D eigenvalue weighted by molar-refractivity contribution is 6.30. The van der Waals surface area contributed by atoms with Gasteiger partial charge in [0.05, 0.1) is 16.0 Å². The van der Waals surface area contributed by atoms with E-state index in [2.05, 4.69) is 9.88 Å². The van der Waals surface area contributed by atoms with Crippen LogP contribution in [0, 0.1) is 6.92 Å². The van der Waals surface area contributed by atoms with Gasteiger partial charge in [0, 0.05) is 43.5 Å². The van der Waals surface area contributed by atoms with Crippen molar-refractivity contribution in [2.45, 2.75) is 6.92 Å². The van der Waals surface area contributed by atoms with Gasteiger partial charge < -0.3 is 14.2 Å². The second kappa shape index (κ2) is 8.71. The summed E-state index contributed by atoms with van der Waals surface area (Å²) in [5.74, 6) is 1.19. The van der Waals surface area contributed by atoms with E-state index in [1.807, 2.05) is 42.5 Å². The van der Waals surface area contributed by atoms with Gasteiger partial charge >= 0.3 is 0 Å². The molecule has 7 heteroatoms. The Kier molecular flexibility index (Phi) is 5.60. The Morgan fingerprint density at radius 3 is 2.42 bits per heavy atom. The fourth-order valence-corrected chi connectivity index (χ4v) is 4.32. The van der Waals surface area contributed by atoms with Crippen molar-refractivity contribution in [1.29, 1.82) is 0 Å². The molecule has 0 spiro atoms. The average Bonchev–Trinajstić information content (AvgIpc) is 2.86. The van der Waals surface area contributed by atoms with Crippen molar-refractivity contribution in [3.05, 3.63) is 93.2 Å². The zero-order chi connectivity index (χ0) is 22.9. The van der Waals surface area contributed by atoms with E-state index in [4.69, 9.17) is 16.0 Å². The van der Waals surface area contributed by atoms with Crippen molar-refractivity contribution in [3.63, 3.8) is 0 Å². The van der Waals surface area contributed by atoms with E-state index in [-0.39, 0.29) is 11.3 Å². The van der Waals surface area contributed by atoms with Gasteiger partial charge in [-0.3, -0.25) is 9.59 Å². The van der Waals surface area contributed by atoms with Crippen molar-refractivity contribution < 1.29 is 9.21 Å².